The number of carbonyl (C=O) groups excluding carboxylic acids is 6. The van der Waals surface area contributed by atoms with Crippen LogP contribution in [0.3, 0.4) is 0 Å². The van der Waals surface area contributed by atoms with Crippen LogP contribution in [0.2, 0.25) is 0 Å². The van der Waals surface area contributed by atoms with Gasteiger partial charge in [0.25, 0.3) is 5.91 Å². The molecule has 0 bridgehead atoms. The molecule has 3 aliphatic rings. The van der Waals surface area contributed by atoms with Crippen molar-refractivity contribution < 1.29 is 33.9 Å². The number of hydrogen-bond acceptors (Lipinski definition) is 8. The number of allylic oxidation sites excluding steroid dienone is 3. The molecule has 1 saturated heterocycles. The molecule has 1 aromatic carbocycles. The number of likely N-dealkylation sites (tertiary alicyclic amines) is 1. The normalized spacial score (nSPS) is 17.4. The molecule has 4 rings (SSSR count). The van der Waals surface area contributed by atoms with Gasteiger partial charge in [-0.25, -0.2) is 0 Å². The SMILES string of the molecule is C1CCCCC1.C=CC(CC(=O)NCC(=C)N1CCCC1C(=O)NC(CCC)C(=O)C(=O)NCC(=O)NC(C(=O)N(C)C)C1Cc2ccccc2C1)C/C(=C\C)PCCCO.CC. The van der Waals surface area contributed by atoms with Crippen molar-refractivity contribution >= 4 is 43.9 Å². The van der Waals surface area contributed by atoms with Crippen LogP contribution in [-0.4, -0.2) is 115 Å². The van der Waals surface area contributed by atoms with E-state index in [9.17, 15) is 28.8 Å². The molecule has 5 atom stereocenters. The third-order valence-electron chi connectivity index (χ3n) is 11.7. The van der Waals surface area contributed by atoms with Crippen LogP contribution in [0.15, 0.2) is 60.6 Å². The highest BCUT2D eigenvalue weighted by Gasteiger charge is 2.37. The molecule has 1 aromatic rings. The molecule has 2 aliphatic carbocycles. The monoisotopic (exact) mass is 895 g/mol. The molecule has 63 heavy (non-hydrogen) atoms. The number of amides is 5. The Hall–Kier alpha value is -4.35. The summed E-state index contributed by atoms with van der Waals surface area (Å²) in [5.41, 5.74) is 2.83. The topological polar surface area (TPSA) is 177 Å². The second kappa shape index (κ2) is 30.7. The second-order valence-corrected chi connectivity index (χ2v) is 18.1. The summed E-state index contributed by atoms with van der Waals surface area (Å²) in [6.45, 7) is 16.2. The maximum Gasteiger partial charge on any atom is 0.290 e. The first-order chi connectivity index (χ1) is 30.3. The van der Waals surface area contributed by atoms with Gasteiger partial charge in [-0.05, 0) is 81.0 Å². The summed E-state index contributed by atoms with van der Waals surface area (Å²) in [4.78, 5) is 82.1. The molecular formula is C49H79N6O7P. The predicted molar refractivity (Wildman–Crippen MR) is 255 cm³/mol. The number of aliphatic hydroxyl groups excluding tert-OH is 1. The number of Topliss-reactive ketones (excluding diaryl/α,β-unsaturated/α-hetero) is 1. The van der Waals surface area contributed by atoms with Gasteiger partial charge in [0.2, 0.25) is 29.4 Å². The fraction of sp³-hybridized carbons (Fsp3) is 0.633. The van der Waals surface area contributed by atoms with Crippen molar-refractivity contribution in [2.75, 3.05) is 46.5 Å². The zero-order valence-electron chi connectivity index (χ0n) is 39.2. The largest absolute Gasteiger partial charge is 0.396 e. The highest BCUT2D eigenvalue weighted by atomic mass is 31.1. The lowest BCUT2D eigenvalue weighted by Gasteiger charge is -2.29. The third kappa shape index (κ3) is 19.1. The van der Waals surface area contributed by atoms with Crippen molar-refractivity contribution in [3.8, 4) is 0 Å². The summed E-state index contributed by atoms with van der Waals surface area (Å²) < 4.78 is 0. The number of likely N-dealkylation sites (N-methyl/N-ethyl adjacent to an activating group) is 1. The molecule has 0 spiro atoms. The van der Waals surface area contributed by atoms with E-state index in [2.05, 4.69) is 40.5 Å². The smallest absolute Gasteiger partial charge is 0.290 e. The summed E-state index contributed by atoms with van der Waals surface area (Å²) in [7, 11) is 3.84. The molecule has 1 aliphatic heterocycles. The lowest BCUT2D eigenvalue weighted by molar-refractivity contribution is -0.141. The zero-order valence-corrected chi connectivity index (χ0v) is 40.2. The van der Waals surface area contributed by atoms with Crippen molar-refractivity contribution in [1.82, 2.24) is 31.1 Å². The number of aliphatic hydroxyl groups is 1. The van der Waals surface area contributed by atoms with Crippen LogP contribution in [0.25, 0.3) is 0 Å². The number of fused-ring (bicyclic) bond motifs is 1. The highest BCUT2D eigenvalue weighted by Crippen LogP contribution is 2.32. The second-order valence-electron chi connectivity index (χ2n) is 16.6. The maximum atomic E-state index is 13.5. The fourth-order valence-corrected chi connectivity index (χ4v) is 9.44. The Kier molecular flexibility index (Phi) is 26.7. The van der Waals surface area contributed by atoms with Crippen LogP contribution in [0.1, 0.15) is 122 Å². The van der Waals surface area contributed by atoms with E-state index in [1.54, 1.807) is 20.2 Å². The Labute approximate surface area is 379 Å². The summed E-state index contributed by atoms with van der Waals surface area (Å²) in [6, 6.07) is 5.38. The Morgan fingerprint density at radius 2 is 1.52 bits per heavy atom. The Balaban J connectivity index is 0.00000155. The average Bonchev–Trinajstić information content (AvgIpc) is 3.98. The average molecular weight is 895 g/mol. The molecule has 0 radical (unpaired) electrons. The van der Waals surface area contributed by atoms with E-state index >= 15 is 0 Å². The molecule has 5 amide bonds. The first-order valence-electron chi connectivity index (χ1n) is 23.4. The van der Waals surface area contributed by atoms with Crippen molar-refractivity contribution in [2.45, 2.75) is 142 Å². The summed E-state index contributed by atoms with van der Waals surface area (Å²) in [5, 5.41) is 21.2. The molecule has 2 fully saturated rings. The van der Waals surface area contributed by atoms with E-state index in [0.717, 1.165) is 30.1 Å². The van der Waals surface area contributed by atoms with Gasteiger partial charge in [0, 0.05) is 39.4 Å². The molecule has 1 heterocycles. The zero-order chi connectivity index (χ0) is 46.7. The number of nitrogens with zero attached hydrogens (tertiary/aromatic N) is 2. The first kappa shape index (κ1) is 54.8. The van der Waals surface area contributed by atoms with E-state index in [-0.39, 0.29) is 49.6 Å². The number of rotatable bonds is 23. The van der Waals surface area contributed by atoms with Gasteiger partial charge in [0.15, 0.2) is 0 Å². The molecule has 5 unspecified atom stereocenters. The number of nitrogens with one attached hydrogen (secondary N) is 4. The fourth-order valence-electron chi connectivity index (χ4n) is 8.18. The molecule has 352 valence electrons. The van der Waals surface area contributed by atoms with Crippen LogP contribution < -0.4 is 21.3 Å². The van der Waals surface area contributed by atoms with Crippen molar-refractivity contribution in [3.05, 3.63) is 71.7 Å². The van der Waals surface area contributed by atoms with E-state index in [0.29, 0.717) is 52.9 Å². The lowest BCUT2D eigenvalue weighted by Crippen LogP contribution is -2.55. The summed E-state index contributed by atoms with van der Waals surface area (Å²) >= 11 is 0. The van der Waals surface area contributed by atoms with Crippen LogP contribution in [0, 0.1) is 11.8 Å². The Morgan fingerprint density at radius 1 is 0.905 bits per heavy atom. The third-order valence-corrected chi connectivity index (χ3v) is 13.2. The van der Waals surface area contributed by atoms with Gasteiger partial charge in [0.1, 0.15) is 12.1 Å². The quantitative estimate of drug-likeness (QED) is 0.0388. The van der Waals surface area contributed by atoms with Crippen LogP contribution >= 0.6 is 8.58 Å². The van der Waals surface area contributed by atoms with Crippen molar-refractivity contribution in [2.24, 2.45) is 11.8 Å². The summed E-state index contributed by atoms with van der Waals surface area (Å²) in [5.74, 6) is -3.48. The first-order valence-corrected chi connectivity index (χ1v) is 24.6. The molecule has 0 aromatic heterocycles. The van der Waals surface area contributed by atoms with Gasteiger partial charge in [-0.1, -0.05) is 123 Å². The number of benzene rings is 1. The van der Waals surface area contributed by atoms with Gasteiger partial charge in [-0.2, -0.15) is 0 Å². The minimum Gasteiger partial charge on any atom is -0.396 e. The molecular weight excluding hydrogens is 816 g/mol. The van der Waals surface area contributed by atoms with Gasteiger partial charge in [-0.15, -0.1) is 6.58 Å². The van der Waals surface area contributed by atoms with Gasteiger partial charge >= 0.3 is 0 Å². The summed E-state index contributed by atoms with van der Waals surface area (Å²) in [6.07, 6.45) is 18.7. The van der Waals surface area contributed by atoms with Crippen LogP contribution in [0.4, 0.5) is 0 Å². The Bertz CT molecular complexity index is 1640. The van der Waals surface area contributed by atoms with Crippen LogP contribution in [0.5, 0.6) is 0 Å². The van der Waals surface area contributed by atoms with E-state index in [1.165, 1.54) is 48.7 Å². The number of hydrogen-bond donors (Lipinski definition) is 5. The standard InChI is InChI=1S/C41H61N6O7P.C6H12.C2H6/c1-7-14-33(38(51)40(53)43-26-36(50)45-37(41(54)46(5)6)31-23-29-15-10-11-16-30(29)24-31)44-39(52)34-17-12-18-47(34)27(4)25-42-35(49)22-28(8-2)21-32(9-3)55-20-13-19-48;1-2-4-6-5-3-1;1-2/h8-11,15-16,28,31,33-34,37,48,55H,2,4,7,12-14,17-26H2,1,3,5-6H3,(H,42,49)(H,43,53)(H,44,52)(H,45,50);1-6H2;1-2H3/b32-9+;;. The predicted octanol–water partition coefficient (Wildman–Crippen LogP) is 5.95. The number of ketones is 1. The maximum absolute atomic E-state index is 13.5. The van der Waals surface area contributed by atoms with Gasteiger partial charge in [0.05, 0.1) is 19.1 Å². The molecule has 5 N–H and O–H groups in total. The van der Waals surface area contributed by atoms with Crippen LogP contribution in [-0.2, 0) is 41.6 Å². The minimum atomic E-state index is -1.10. The lowest BCUT2D eigenvalue weighted by atomic mass is 9.95. The molecule has 1 saturated carbocycles. The van der Waals surface area contributed by atoms with E-state index < -0.39 is 48.2 Å². The van der Waals surface area contributed by atoms with E-state index in [1.807, 2.05) is 56.9 Å². The van der Waals surface area contributed by atoms with E-state index in [4.69, 9.17) is 5.11 Å². The van der Waals surface area contributed by atoms with Crippen molar-refractivity contribution in [1.29, 1.82) is 0 Å². The minimum absolute atomic E-state index is 0.0365. The number of carbonyl (C=O) groups is 6. The molecule has 13 nitrogen and oxygen atoms in total. The Morgan fingerprint density at radius 3 is 2.06 bits per heavy atom. The van der Waals surface area contributed by atoms with Crippen molar-refractivity contribution in [3.63, 3.8) is 0 Å². The molecule has 14 heteroatoms. The highest BCUT2D eigenvalue weighted by molar-refractivity contribution is 7.43. The van der Waals surface area contributed by atoms with Gasteiger partial charge in [-0.3, -0.25) is 28.8 Å². The van der Waals surface area contributed by atoms with Gasteiger partial charge < -0.3 is 36.2 Å².